The first kappa shape index (κ1) is 8.97. The lowest BCUT2D eigenvalue weighted by atomic mass is 9.89. The molecular weight excluding hydrogens is 152 g/mol. The quantitative estimate of drug-likeness (QED) is 0.578. The van der Waals surface area contributed by atoms with Crippen LogP contribution in [0.3, 0.4) is 0 Å². The van der Waals surface area contributed by atoms with E-state index in [9.17, 15) is 4.79 Å². The molecule has 0 aliphatic carbocycles. The lowest BCUT2D eigenvalue weighted by Crippen LogP contribution is -2.23. The summed E-state index contributed by atoms with van der Waals surface area (Å²) in [6, 6.07) is 0. The van der Waals surface area contributed by atoms with Crippen molar-refractivity contribution in [2.45, 2.75) is 26.2 Å². The highest BCUT2D eigenvalue weighted by atomic mass is 16.1. The molecule has 0 aliphatic heterocycles. The maximum atomic E-state index is 11.0. The highest BCUT2D eigenvalue weighted by molar-refractivity contribution is 5.14. The molecule has 1 rings (SSSR count). The van der Waals surface area contributed by atoms with E-state index < -0.39 is 0 Å². The van der Waals surface area contributed by atoms with Gasteiger partial charge in [-0.2, -0.15) is 0 Å². The van der Waals surface area contributed by atoms with Crippen LogP contribution in [0.5, 0.6) is 0 Å². The summed E-state index contributed by atoms with van der Waals surface area (Å²) in [6.07, 6.45) is 3.47. The molecule has 0 N–H and O–H groups in total. The number of hydrogen-bond acceptors (Lipinski definition) is 2. The fraction of sp³-hybridized carbons (Fsp3) is 0.556. The molecule has 3 heteroatoms. The van der Waals surface area contributed by atoms with E-state index in [0.29, 0.717) is 0 Å². The summed E-state index contributed by atoms with van der Waals surface area (Å²) in [7, 11) is 1.71. The Balaban J connectivity index is 3.23. The van der Waals surface area contributed by atoms with Crippen molar-refractivity contribution in [3.05, 3.63) is 28.4 Å². The summed E-state index contributed by atoms with van der Waals surface area (Å²) in [6.45, 7) is 6.28. The van der Waals surface area contributed by atoms with Crippen LogP contribution in [0, 0.1) is 0 Å². The first-order valence-electron chi connectivity index (χ1n) is 3.94. The van der Waals surface area contributed by atoms with Gasteiger partial charge < -0.3 is 4.57 Å². The Hall–Kier alpha value is -1.12. The summed E-state index contributed by atoms with van der Waals surface area (Å²) in [4.78, 5) is 14.7. The number of aromatic nitrogens is 2. The van der Waals surface area contributed by atoms with Crippen LogP contribution in [0.15, 0.2) is 17.2 Å². The Bertz CT molecular complexity index is 333. The minimum Gasteiger partial charge on any atom is -0.302 e. The van der Waals surface area contributed by atoms with Gasteiger partial charge in [-0.3, -0.25) is 0 Å². The fourth-order valence-electron chi connectivity index (χ4n) is 0.900. The van der Waals surface area contributed by atoms with Gasteiger partial charge in [0.1, 0.15) is 0 Å². The third-order valence-electron chi connectivity index (χ3n) is 1.81. The van der Waals surface area contributed by atoms with Crippen molar-refractivity contribution in [1.29, 1.82) is 0 Å². The zero-order valence-electron chi connectivity index (χ0n) is 7.96. The van der Waals surface area contributed by atoms with Crippen LogP contribution in [0.4, 0.5) is 0 Å². The molecule has 1 aromatic heterocycles. The molecule has 0 amide bonds. The van der Waals surface area contributed by atoms with Gasteiger partial charge in [0.2, 0.25) is 0 Å². The van der Waals surface area contributed by atoms with Crippen molar-refractivity contribution in [2.75, 3.05) is 0 Å². The molecule has 0 atom stereocenters. The topological polar surface area (TPSA) is 34.9 Å². The molecule has 12 heavy (non-hydrogen) atoms. The lowest BCUT2D eigenvalue weighted by Gasteiger charge is -2.18. The first-order valence-corrected chi connectivity index (χ1v) is 3.94. The Kier molecular flexibility index (Phi) is 2.04. The molecule has 0 saturated heterocycles. The predicted octanol–water partition coefficient (Wildman–Crippen LogP) is 1.08. The zero-order valence-corrected chi connectivity index (χ0v) is 7.96. The van der Waals surface area contributed by atoms with E-state index >= 15 is 0 Å². The SMILES string of the molecule is Cn1cc(C(C)(C)C)cnc1=O. The van der Waals surface area contributed by atoms with Crippen LogP contribution < -0.4 is 5.69 Å². The van der Waals surface area contributed by atoms with Crippen LogP contribution >= 0.6 is 0 Å². The Labute approximate surface area is 72.1 Å². The number of rotatable bonds is 0. The Morgan fingerprint density at radius 1 is 1.42 bits per heavy atom. The molecule has 0 unspecified atom stereocenters. The summed E-state index contributed by atoms with van der Waals surface area (Å²) in [5.41, 5.74) is 0.922. The molecule has 0 saturated carbocycles. The molecule has 0 aliphatic rings. The lowest BCUT2D eigenvalue weighted by molar-refractivity contribution is 0.574. The van der Waals surface area contributed by atoms with E-state index in [1.807, 2.05) is 6.20 Å². The minimum absolute atomic E-state index is 0.0540. The van der Waals surface area contributed by atoms with Crippen molar-refractivity contribution < 1.29 is 0 Å². The summed E-state index contributed by atoms with van der Waals surface area (Å²) >= 11 is 0. The summed E-state index contributed by atoms with van der Waals surface area (Å²) in [5.74, 6) is 0. The van der Waals surface area contributed by atoms with Crippen molar-refractivity contribution in [3.8, 4) is 0 Å². The van der Waals surface area contributed by atoms with Gasteiger partial charge in [0.15, 0.2) is 0 Å². The second kappa shape index (κ2) is 2.73. The standard InChI is InChI=1S/C9H14N2O/c1-9(2,3)7-5-10-8(12)11(4)6-7/h5-6H,1-4H3. The van der Waals surface area contributed by atoms with Gasteiger partial charge in [-0.15, -0.1) is 0 Å². The van der Waals surface area contributed by atoms with Crippen molar-refractivity contribution >= 4 is 0 Å². The highest BCUT2D eigenvalue weighted by Gasteiger charge is 2.14. The molecule has 0 fully saturated rings. The average molecular weight is 166 g/mol. The molecule has 3 nitrogen and oxygen atoms in total. The molecule has 0 bridgehead atoms. The molecule has 0 radical (unpaired) electrons. The maximum absolute atomic E-state index is 11.0. The summed E-state index contributed by atoms with van der Waals surface area (Å²) in [5, 5.41) is 0. The van der Waals surface area contributed by atoms with Gasteiger partial charge in [-0.25, -0.2) is 9.78 Å². The molecule has 66 valence electrons. The largest absolute Gasteiger partial charge is 0.347 e. The molecule has 1 heterocycles. The summed E-state index contributed by atoms with van der Waals surface area (Å²) < 4.78 is 1.50. The van der Waals surface area contributed by atoms with Crippen LogP contribution in [0.2, 0.25) is 0 Å². The van der Waals surface area contributed by atoms with Crippen molar-refractivity contribution in [2.24, 2.45) is 7.05 Å². The normalized spacial score (nSPS) is 11.7. The number of hydrogen-bond donors (Lipinski definition) is 0. The maximum Gasteiger partial charge on any atom is 0.347 e. The highest BCUT2D eigenvalue weighted by Crippen LogP contribution is 2.19. The smallest absolute Gasteiger partial charge is 0.302 e. The third-order valence-corrected chi connectivity index (χ3v) is 1.81. The van der Waals surface area contributed by atoms with E-state index in [1.54, 1.807) is 13.2 Å². The van der Waals surface area contributed by atoms with Crippen LogP contribution in [0.1, 0.15) is 26.3 Å². The van der Waals surface area contributed by atoms with Gasteiger partial charge in [0, 0.05) is 19.4 Å². The fourth-order valence-corrected chi connectivity index (χ4v) is 0.900. The second-order valence-corrected chi connectivity index (χ2v) is 3.99. The van der Waals surface area contributed by atoms with Crippen molar-refractivity contribution in [1.82, 2.24) is 9.55 Å². The third kappa shape index (κ3) is 1.72. The Morgan fingerprint density at radius 3 is 2.42 bits per heavy atom. The van der Waals surface area contributed by atoms with Crippen LogP contribution in [-0.4, -0.2) is 9.55 Å². The zero-order chi connectivity index (χ0) is 9.35. The van der Waals surface area contributed by atoms with E-state index in [1.165, 1.54) is 4.57 Å². The predicted molar refractivity (Wildman–Crippen MR) is 48.2 cm³/mol. The number of nitrogens with zero attached hydrogens (tertiary/aromatic N) is 2. The Morgan fingerprint density at radius 2 is 2.00 bits per heavy atom. The average Bonchev–Trinajstić information content (AvgIpc) is 1.92. The van der Waals surface area contributed by atoms with Gasteiger partial charge in [-0.05, 0) is 11.0 Å². The minimum atomic E-state index is -0.206. The van der Waals surface area contributed by atoms with E-state index in [-0.39, 0.29) is 11.1 Å². The van der Waals surface area contributed by atoms with E-state index in [0.717, 1.165) is 5.56 Å². The second-order valence-electron chi connectivity index (χ2n) is 3.99. The van der Waals surface area contributed by atoms with Gasteiger partial charge in [-0.1, -0.05) is 20.8 Å². The molecular formula is C9H14N2O. The molecule has 0 spiro atoms. The number of aryl methyl sites for hydroxylation is 1. The van der Waals surface area contributed by atoms with E-state index in [2.05, 4.69) is 25.8 Å². The van der Waals surface area contributed by atoms with E-state index in [4.69, 9.17) is 0 Å². The first-order chi connectivity index (χ1) is 5.41. The molecule has 1 aromatic rings. The molecule has 0 aromatic carbocycles. The van der Waals surface area contributed by atoms with Crippen LogP contribution in [0.25, 0.3) is 0 Å². The van der Waals surface area contributed by atoms with Crippen LogP contribution in [-0.2, 0) is 12.5 Å². The monoisotopic (exact) mass is 166 g/mol. The van der Waals surface area contributed by atoms with Gasteiger partial charge in [0.05, 0.1) is 0 Å². The van der Waals surface area contributed by atoms with Gasteiger partial charge in [0.25, 0.3) is 0 Å². The van der Waals surface area contributed by atoms with Gasteiger partial charge >= 0.3 is 5.69 Å². The van der Waals surface area contributed by atoms with Crippen molar-refractivity contribution in [3.63, 3.8) is 0 Å².